The van der Waals surface area contributed by atoms with Gasteiger partial charge in [-0.2, -0.15) is 0 Å². The summed E-state index contributed by atoms with van der Waals surface area (Å²) >= 11 is 11.7. The Kier molecular flexibility index (Phi) is 4.69. The largest absolute Gasteiger partial charge is 0.371 e. The van der Waals surface area contributed by atoms with Crippen LogP contribution in [0.2, 0.25) is 5.02 Å². The van der Waals surface area contributed by atoms with Crippen molar-refractivity contribution in [2.24, 2.45) is 0 Å². The third kappa shape index (κ3) is 3.85. The number of halogens is 2. The van der Waals surface area contributed by atoms with Crippen molar-refractivity contribution in [2.75, 3.05) is 19.0 Å². The summed E-state index contributed by atoms with van der Waals surface area (Å²) < 4.78 is 5.73. The van der Waals surface area contributed by atoms with E-state index in [9.17, 15) is 0 Å². The van der Waals surface area contributed by atoms with E-state index in [0.29, 0.717) is 5.88 Å². The number of nitrogens with zero attached hydrogens (tertiary/aromatic N) is 1. The normalized spacial score (nSPS) is 26.1. The first-order valence-electron chi connectivity index (χ1n) is 5.85. The van der Waals surface area contributed by atoms with Crippen LogP contribution in [-0.2, 0) is 11.3 Å². The molecule has 0 N–H and O–H groups in total. The highest BCUT2D eigenvalue weighted by Gasteiger charge is 2.24. The summed E-state index contributed by atoms with van der Waals surface area (Å²) in [6.07, 6.45) is 0.396. The minimum Gasteiger partial charge on any atom is -0.371 e. The lowest BCUT2D eigenvalue weighted by molar-refractivity contribution is -0.0688. The molecule has 0 amide bonds. The first-order chi connectivity index (χ1) is 8.17. The summed E-state index contributed by atoms with van der Waals surface area (Å²) in [4.78, 5) is 2.38. The lowest BCUT2D eigenvalue weighted by atomic mass is 10.1. The molecule has 0 radical (unpaired) electrons. The molecule has 94 valence electrons. The minimum absolute atomic E-state index is 0.146. The van der Waals surface area contributed by atoms with E-state index < -0.39 is 0 Å². The van der Waals surface area contributed by atoms with Crippen molar-refractivity contribution in [1.29, 1.82) is 0 Å². The lowest BCUT2D eigenvalue weighted by Gasteiger charge is -2.36. The molecule has 1 aromatic carbocycles. The van der Waals surface area contributed by atoms with Crippen LogP contribution in [0.3, 0.4) is 0 Å². The zero-order valence-corrected chi connectivity index (χ0v) is 11.4. The second-order valence-electron chi connectivity index (χ2n) is 4.54. The fourth-order valence-corrected chi connectivity index (χ4v) is 2.50. The maximum absolute atomic E-state index is 5.87. The summed E-state index contributed by atoms with van der Waals surface area (Å²) in [5.74, 6) is 0.557. The van der Waals surface area contributed by atoms with Gasteiger partial charge in [0.15, 0.2) is 0 Å². The molecule has 1 aliphatic rings. The third-order valence-electron chi connectivity index (χ3n) is 2.89. The summed E-state index contributed by atoms with van der Waals surface area (Å²) in [7, 11) is 0. The maximum Gasteiger partial charge on any atom is 0.0841 e. The SMILES string of the molecule is CC1CN(Cc2ccc(Cl)cc2)CC(CCl)O1. The Balaban J connectivity index is 1.95. The van der Waals surface area contributed by atoms with Gasteiger partial charge in [0, 0.05) is 30.5 Å². The zero-order chi connectivity index (χ0) is 12.3. The third-order valence-corrected chi connectivity index (χ3v) is 3.49. The molecule has 1 fully saturated rings. The van der Waals surface area contributed by atoms with Crippen molar-refractivity contribution >= 4 is 23.2 Å². The predicted octanol–water partition coefficient (Wildman–Crippen LogP) is 3.17. The summed E-state index contributed by atoms with van der Waals surface area (Å²) in [5, 5.41) is 0.780. The Morgan fingerprint density at radius 3 is 2.65 bits per heavy atom. The monoisotopic (exact) mass is 273 g/mol. The van der Waals surface area contributed by atoms with Crippen LogP contribution >= 0.6 is 23.2 Å². The Morgan fingerprint density at radius 1 is 1.29 bits per heavy atom. The molecule has 17 heavy (non-hydrogen) atoms. The molecular weight excluding hydrogens is 257 g/mol. The van der Waals surface area contributed by atoms with E-state index in [1.807, 2.05) is 12.1 Å². The molecule has 4 heteroatoms. The van der Waals surface area contributed by atoms with Gasteiger partial charge in [0.1, 0.15) is 0 Å². The van der Waals surface area contributed by atoms with Crippen LogP contribution in [0.5, 0.6) is 0 Å². The molecular formula is C13H17Cl2NO. The summed E-state index contributed by atoms with van der Waals surface area (Å²) in [6, 6.07) is 8.00. The van der Waals surface area contributed by atoms with Crippen LogP contribution in [-0.4, -0.2) is 36.1 Å². The highest BCUT2D eigenvalue weighted by molar-refractivity contribution is 6.30. The van der Waals surface area contributed by atoms with Gasteiger partial charge in [-0.1, -0.05) is 23.7 Å². The van der Waals surface area contributed by atoms with Crippen LogP contribution in [0.1, 0.15) is 12.5 Å². The van der Waals surface area contributed by atoms with Gasteiger partial charge in [-0.3, -0.25) is 4.90 Å². The van der Waals surface area contributed by atoms with E-state index in [1.165, 1.54) is 5.56 Å². The summed E-state index contributed by atoms with van der Waals surface area (Å²) in [5.41, 5.74) is 1.27. The molecule has 0 bridgehead atoms. The molecule has 2 unspecified atom stereocenters. The van der Waals surface area contributed by atoms with Gasteiger partial charge in [-0.05, 0) is 24.6 Å². The van der Waals surface area contributed by atoms with Crippen LogP contribution in [0.4, 0.5) is 0 Å². The molecule has 0 aliphatic carbocycles. The maximum atomic E-state index is 5.87. The smallest absolute Gasteiger partial charge is 0.0841 e. The van der Waals surface area contributed by atoms with Crippen molar-refractivity contribution < 1.29 is 4.74 Å². The van der Waals surface area contributed by atoms with E-state index in [0.717, 1.165) is 24.7 Å². The van der Waals surface area contributed by atoms with Crippen LogP contribution < -0.4 is 0 Å². The molecule has 1 aromatic rings. The first kappa shape index (κ1) is 13.2. The molecule has 2 atom stereocenters. The van der Waals surface area contributed by atoms with Gasteiger partial charge in [0.2, 0.25) is 0 Å². The second-order valence-corrected chi connectivity index (χ2v) is 5.29. The van der Waals surface area contributed by atoms with Crippen LogP contribution in [0, 0.1) is 0 Å². The van der Waals surface area contributed by atoms with E-state index >= 15 is 0 Å². The van der Waals surface area contributed by atoms with Crippen molar-refractivity contribution in [3.63, 3.8) is 0 Å². The van der Waals surface area contributed by atoms with Gasteiger partial charge in [0.05, 0.1) is 12.2 Å². The molecule has 1 aliphatic heterocycles. The fraction of sp³-hybridized carbons (Fsp3) is 0.538. The van der Waals surface area contributed by atoms with Gasteiger partial charge < -0.3 is 4.74 Å². The summed E-state index contributed by atoms with van der Waals surface area (Å²) in [6.45, 7) is 4.87. The lowest BCUT2D eigenvalue weighted by Crippen LogP contribution is -2.46. The van der Waals surface area contributed by atoms with Crippen LogP contribution in [0.15, 0.2) is 24.3 Å². The van der Waals surface area contributed by atoms with Crippen molar-refractivity contribution in [3.8, 4) is 0 Å². The Hall–Kier alpha value is -0.280. The number of benzene rings is 1. The van der Waals surface area contributed by atoms with E-state index in [2.05, 4.69) is 24.0 Å². The van der Waals surface area contributed by atoms with E-state index in [1.54, 1.807) is 0 Å². The van der Waals surface area contributed by atoms with E-state index in [-0.39, 0.29) is 12.2 Å². The number of hydrogen-bond donors (Lipinski definition) is 0. The van der Waals surface area contributed by atoms with Crippen molar-refractivity contribution in [3.05, 3.63) is 34.9 Å². The highest BCUT2D eigenvalue weighted by Crippen LogP contribution is 2.16. The van der Waals surface area contributed by atoms with Gasteiger partial charge in [0.25, 0.3) is 0 Å². The molecule has 2 rings (SSSR count). The second kappa shape index (κ2) is 6.05. The Bertz CT molecular complexity index is 355. The predicted molar refractivity (Wildman–Crippen MR) is 71.8 cm³/mol. The van der Waals surface area contributed by atoms with Gasteiger partial charge >= 0.3 is 0 Å². The standard InChI is InChI=1S/C13H17Cl2NO/c1-10-7-16(9-13(6-14)17-10)8-11-2-4-12(15)5-3-11/h2-5,10,13H,6-9H2,1H3. The van der Waals surface area contributed by atoms with Gasteiger partial charge in [-0.25, -0.2) is 0 Å². The molecule has 1 saturated heterocycles. The Labute approximate surface area is 112 Å². The molecule has 0 aromatic heterocycles. The average molecular weight is 274 g/mol. The molecule has 1 heterocycles. The highest BCUT2D eigenvalue weighted by atomic mass is 35.5. The molecule has 0 spiro atoms. The molecule has 2 nitrogen and oxygen atoms in total. The van der Waals surface area contributed by atoms with Crippen LogP contribution in [0.25, 0.3) is 0 Å². The van der Waals surface area contributed by atoms with Gasteiger partial charge in [-0.15, -0.1) is 11.6 Å². The number of rotatable bonds is 3. The molecule has 0 saturated carbocycles. The topological polar surface area (TPSA) is 12.5 Å². The van der Waals surface area contributed by atoms with Crippen molar-refractivity contribution in [2.45, 2.75) is 25.7 Å². The number of alkyl halides is 1. The number of hydrogen-bond acceptors (Lipinski definition) is 2. The van der Waals surface area contributed by atoms with E-state index in [4.69, 9.17) is 27.9 Å². The first-order valence-corrected chi connectivity index (χ1v) is 6.77. The quantitative estimate of drug-likeness (QED) is 0.785. The average Bonchev–Trinajstić information content (AvgIpc) is 2.31. The zero-order valence-electron chi connectivity index (χ0n) is 9.90. The fourth-order valence-electron chi connectivity index (χ4n) is 2.20. The number of morpholine rings is 1. The number of ether oxygens (including phenoxy) is 1. The van der Waals surface area contributed by atoms with Crippen molar-refractivity contribution in [1.82, 2.24) is 4.90 Å². The Morgan fingerprint density at radius 2 is 2.00 bits per heavy atom. The minimum atomic E-state index is 0.146.